The van der Waals surface area contributed by atoms with E-state index in [9.17, 15) is 4.79 Å². The van der Waals surface area contributed by atoms with Crippen molar-refractivity contribution in [1.29, 1.82) is 0 Å². The van der Waals surface area contributed by atoms with Gasteiger partial charge in [0.25, 0.3) is 5.91 Å². The van der Waals surface area contributed by atoms with Crippen molar-refractivity contribution in [2.24, 2.45) is 0 Å². The molecule has 1 N–H and O–H groups in total. The molecular formula is C27H30N4O3. The summed E-state index contributed by atoms with van der Waals surface area (Å²) in [5.74, 6) is 0.463. The van der Waals surface area contributed by atoms with E-state index in [1.54, 1.807) is 4.90 Å². The first-order chi connectivity index (χ1) is 16.7. The second kappa shape index (κ2) is 10.2. The number of aromatic amines is 1. The number of carbonyl (C=O) groups excluding carboxylic acids is 1. The number of hydrogen-bond acceptors (Lipinski definition) is 5. The molecule has 3 heterocycles. The van der Waals surface area contributed by atoms with Crippen molar-refractivity contribution in [3.63, 3.8) is 0 Å². The predicted octanol–water partition coefficient (Wildman–Crippen LogP) is 4.18. The summed E-state index contributed by atoms with van der Waals surface area (Å²) in [4.78, 5) is 24.7. The standard InChI is InChI=1S/C27H30N4O3/c1-20-6-8-21(9-7-20)17-30(11-10-22-16-28-24-5-3-2-4-23(22)24)18-26-29-25(19-34-26)27(32)31-12-14-33-15-13-31/h2-9,16,19,28H,10-15,17-18H2,1H3. The number of oxazole rings is 1. The Labute approximate surface area is 199 Å². The van der Waals surface area contributed by atoms with Crippen LogP contribution in [0.4, 0.5) is 0 Å². The Kier molecular flexibility index (Phi) is 6.74. The van der Waals surface area contributed by atoms with E-state index in [0.717, 1.165) is 25.0 Å². The summed E-state index contributed by atoms with van der Waals surface area (Å²) in [6.07, 6.45) is 4.48. The van der Waals surface area contributed by atoms with E-state index in [4.69, 9.17) is 9.15 Å². The van der Waals surface area contributed by atoms with Crippen LogP contribution >= 0.6 is 0 Å². The summed E-state index contributed by atoms with van der Waals surface area (Å²) in [5.41, 5.74) is 5.29. The first-order valence-corrected chi connectivity index (χ1v) is 11.8. The molecule has 1 amide bonds. The van der Waals surface area contributed by atoms with Crippen molar-refractivity contribution in [2.45, 2.75) is 26.4 Å². The lowest BCUT2D eigenvalue weighted by molar-refractivity contribution is 0.0299. The van der Waals surface area contributed by atoms with Gasteiger partial charge in [-0.1, -0.05) is 48.0 Å². The number of ether oxygens (including phenoxy) is 1. The monoisotopic (exact) mass is 458 g/mol. The number of nitrogens with zero attached hydrogens (tertiary/aromatic N) is 3. The molecule has 1 saturated heterocycles. The number of rotatable bonds is 8. The van der Waals surface area contributed by atoms with Crippen LogP contribution in [0.2, 0.25) is 0 Å². The fourth-order valence-corrected chi connectivity index (χ4v) is 4.38. The van der Waals surface area contributed by atoms with Crippen LogP contribution in [0, 0.1) is 6.92 Å². The Bertz CT molecular complexity index is 1240. The summed E-state index contributed by atoms with van der Waals surface area (Å²) < 4.78 is 11.1. The Balaban J connectivity index is 1.30. The fourth-order valence-electron chi connectivity index (χ4n) is 4.38. The van der Waals surface area contributed by atoms with Crippen molar-refractivity contribution in [1.82, 2.24) is 19.8 Å². The van der Waals surface area contributed by atoms with Gasteiger partial charge in [-0.3, -0.25) is 9.69 Å². The molecule has 176 valence electrons. The van der Waals surface area contributed by atoms with E-state index < -0.39 is 0 Å². The number of para-hydroxylation sites is 1. The van der Waals surface area contributed by atoms with Crippen molar-refractivity contribution < 1.29 is 13.9 Å². The van der Waals surface area contributed by atoms with Gasteiger partial charge < -0.3 is 19.0 Å². The molecule has 1 aliphatic rings. The Morgan fingerprint density at radius 3 is 2.71 bits per heavy atom. The van der Waals surface area contributed by atoms with Crippen LogP contribution in [0.3, 0.4) is 0 Å². The number of fused-ring (bicyclic) bond motifs is 1. The van der Waals surface area contributed by atoms with Gasteiger partial charge in [-0.15, -0.1) is 0 Å². The van der Waals surface area contributed by atoms with Crippen LogP contribution in [-0.2, 0) is 24.2 Å². The molecule has 0 aliphatic carbocycles. The van der Waals surface area contributed by atoms with E-state index in [-0.39, 0.29) is 5.91 Å². The van der Waals surface area contributed by atoms with Crippen LogP contribution in [0.15, 0.2) is 65.4 Å². The molecule has 0 radical (unpaired) electrons. The third-order valence-electron chi connectivity index (χ3n) is 6.33. The van der Waals surface area contributed by atoms with Gasteiger partial charge in [0.1, 0.15) is 6.26 Å². The average molecular weight is 459 g/mol. The topological polar surface area (TPSA) is 74.6 Å². The SMILES string of the molecule is Cc1ccc(CN(CCc2c[nH]c3ccccc23)Cc2nc(C(=O)N3CCOCC3)co2)cc1. The molecule has 7 nitrogen and oxygen atoms in total. The van der Waals surface area contributed by atoms with Crippen molar-refractivity contribution in [2.75, 3.05) is 32.8 Å². The van der Waals surface area contributed by atoms with E-state index >= 15 is 0 Å². The van der Waals surface area contributed by atoms with Crippen molar-refractivity contribution in [3.05, 3.63) is 89.3 Å². The maximum absolute atomic E-state index is 12.8. The summed E-state index contributed by atoms with van der Waals surface area (Å²) in [5, 5.41) is 1.26. The van der Waals surface area contributed by atoms with Gasteiger partial charge in [-0.25, -0.2) is 4.98 Å². The molecule has 0 saturated carbocycles. The van der Waals surface area contributed by atoms with Crippen molar-refractivity contribution >= 4 is 16.8 Å². The normalized spacial score (nSPS) is 14.2. The predicted molar refractivity (Wildman–Crippen MR) is 131 cm³/mol. The first-order valence-electron chi connectivity index (χ1n) is 11.8. The largest absolute Gasteiger partial charge is 0.447 e. The minimum atomic E-state index is -0.0952. The molecule has 1 fully saturated rings. The van der Waals surface area contributed by atoms with Crippen LogP contribution in [0.5, 0.6) is 0 Å². The summed E-state index contributed by atoms with van der Waals surface area (Å²) in [7, 11) is 0. The van der Waals surface area contributed by atoms with Crippen LogP contribution in [0.1, 0.15) is 33.1 Å². The number of hydrogen-bond donors (Lipinski definition) is 1. The second-order valence-electron chi connectivity index (χ2n) is 8.84. The third-order valence-corrected chi connectivity index (χ3v) is 6.33. The molecule has 2 aromatic carbocycles. The highest BCUT2D eigenvalue weighted by Crippen LogP contribution is 2.20. The minimum Gasteiger partial charge on any atom is -0.447 e. The molecule has 0 bridgehead atoms. The zero-order chi connectivity index (χ0) is 23.3. The molecule has 0 unspecified atom stereocenters. The van der Waals surface area contributed by atoms with Gasteiger partial charge in [0.05, 0.1) is 19.8 Å². The van der Waals surface area contributed by atoms with Gasteiger partial charge in [-0.05, 0) is 30.5 Å². The minimum absolute atomic E-state index is 0.0952. The Morgan fingerprint density at radius 1 is 1.09 bits per heavy atom. The quantitative estimate of drug-likeness (QED) is 0.429. The summed E-state index contributed by atoms with van der Waals surface area (Å²) in [6, 6.07) is 17.0. The highest BCUT2D eigenvalue weighted by Gasteiger charge is 2.22. The Morgan fingerprint density at radius 2 is 1.88 bits per heavy atom. The fraction of sp³-hybridized carbons (Fsp3) is 0.333. The summed E-state index contributed by atoms with van der Waals surface area (Å²) >= 11 is 0. The number of benzene rings is 2. The van der Waals surface area contributed by atoms with Gasteiger partial charge in [0, 0.05) is 43.3 Å². The van der Waals surface area contributed by atoms with Crippen LogP contribution in [-0.4, -0.2) is 58.5 Å². The van der Waals surface area contributed by atoms with Gasteiger partial charge >= 0.3 is 0 Å². The molecule has 0 atom stereocenters. The zero-order valence-electron chi connectivity index (χ0n) is 19.5. The number of morpholine rings is 1. The second-order valence-corrected chi connectivity index (χ2v) is 8.84. The molecule has 2 aromatic heterocycles. The maximum Gasteiger partial charge on any atom is 0.275 e. The molecule has 4 aromatic rings. The lowest BCUT2D eigenvalue weighted by atomic mass is 10.1. The first kappa shape index (κ1) is 22.4. The maximum atomic E-state index is 12.8. The van der Waals surface area contributed by atoms with Gasteiger partial charge in [-0.2, -0.15) is 0 Å². The van der Waals surface area contributed by atoms with E-state index in [1.807, 2.05) is 6.07 Å². The summed E-state index contributed by atoms with van der Waals surface area (Å²) in [6.45, 7) is 6.55. The Hall–Kier alpha value is -3.42. The van der Waals surface area contributed by atoms with Crippen LogP contribution in [0.25, 0.3) is 10.9 Å². The highest BCUT2D eigenvalue weighted by molar-refractivity contribution is 5.92. The molecule has 0 spiro atoms. The lowest BCUT2D eigenvalue weighted by Crippen LogP contribution is -2.40. The van der Waals surface area contributed by atoms with Crippen molar-refractivity contribution in [3.8, 4) is 0 Å². The third kappa shape index (κ3) is 5.21. The number of amides is 1. The molecule has 34 heavy (non-hydrogen) atoms. The van der Waals surface area contributed by atoms with Gasteiger partial charge in [0.15, 0.2) is 5.69 Å². The number of nitrogens with one attached hydrogen (secondary N) is 1. The van der Waals surface area contributed by atoms with E-state index in [0.29, 0.717) is 44.4 Å². The molecular weight excluding hydrogens is 428 g/mol. The lowest BCUT2D eigenvalue weighted by Gasteiger charge is -2.25. The molecule has 7 heteroatoms. The number of aromatic nitrogens is 2. The van der Waals surface area contributed by atoms with E-state index in [2.05, 4.69) is 70.5 Å². The van der Waals surface area contributed by atoms with E-state index in [1.165, 1.54) is 28.3 Å². The smallest absolute Gasteiger partial charge is 0.275 e. The number of aryl methyl sites for hydroxylation is 1. The number of carbonyl (C=O) groups is 1. The van der Waals surface area contributed by atoms with Crippen LogP contribution < -0.4 is 0 Å². The molecule has 5 rings (SSSR count). The van der Waals surface area contributed by atoms with Gasteiger partial charge in [0.2, 0.25) is 5.89 Å². The zero-order valence-corrected chi connectivity index (χ0v) is 19.5. The average Bonchev–Trinajstić information content (AvgIpc) is 3.51. The highest BCUT2D eigenvalue weighted by atomic mass is 16.5. The number of H-pyrrole nitrogens is 1. The molecule has 1 aliphatic heterocycles.